The first kappa shape index (κ1) is 13.0. The fourth-order valence-electron chi connectivity index (χ4n) is 2.70. The summed E-state index contributed by atoms with van der Waals surface area (Å²) in [6.45, 7) is 2.01. The highest BCUT2D eigenvalue weighted by Gasteiger charge is 2.29. The molecule has 104 valence electrons. The van der Waals surface area contributed by atoms with E-state index in [-0.39, 0.29) is 0 Å². The molecule has 4 nitrogen and oxygen atoms in total. The lowest BCUT2D eigenvalue weighted by Gasteiger charge is -2.17. The van der Waals surface area contributed by atoms with Gasteiger partial charge < -0.3 is 11.1 Å². The summed E-state index contributed by atoms with van der Waals surface area (Å²) < 4.78 is 0. The van der Waals surface area contributed by atoms with Gasteiger partial charge in [-0.1, -0.05) is 0 Å². The molecule has 3 N–H and O–H groups in total. The van der Waals surface area contributed by atoms with Crippen molar-refractivity contribution in [1.82, 2.24) is 9.97 Å². The lowest BCUT2D eigenvalue weighted by atomic mass is 10.2. The maximum absolute atomic E-state index is 6.02. The van der Waals surface area contributed by atoms with Gasteiger partial charge >= 0.3 is 0 Å². The third-order valence-corrected chi connectivity index (χ3v) is 5.30. The molecule has 0 aromatic carbocycles. The Kier molecular flexibility index (Phi) is 3.56. The highest BCUT2D eigenvalue weighted by atomic mass is 32.2. The molecule has 0 radical (unpaired) electrons. The average Bonchev–Trinajstić information content (AvgIpc) is 3.15. The van der Waals surface area contributed by atoms with Crippen molar-refractivity contribution in [2.75, 3.05) is 17.3 Å². The molecule has 0 spiro atoms. The van der Waals surface area contributed by atoms with Crippen LogP contribution < -0.4 is 11.1 Å². The van der Waals surface area contributed by atoms with Gasteiger partial charge in [-0.15, -0.1) is 0 Å². The molecule has 5 heteroatoms. The maximum atomic E-state index is 6.02. The maximum Gasteiger partial charge on any atom is 0.136 e. The van der Waals surface area contributed by atoms with E-state index in [9.17, 15) is 0 Å². The monoisotopic (exact) mass is 278 g/mol. The molecule has 0 aliphatic heterocycles. The van der Waals surface area contributed by atoms with Crippen LogP contribution in [0.2, 0.25) is 0 Å². The lowest BCUT2D eigenvalue weighted by molar-refractivity contribution is 0.746. The smallest absolute Gasteiger partial charge is 0.136 e. The molecule has 2 fully saturated rings. The minimum atomic E-state index is 0.539. The SMILES string of the molecule is CSC1CCC(Nc2nc(C3CC3)nc(N)c2C)C1. The van der Waals surface area contributed by atoms with Crippen LogP contribution in [0.4, 0.5) is 11.6 Å². The van der Waals surface area contributed by atoms with Crippen LogP contribution in [-0.4, -0.2) is 27.5 Å². The van der Waals surface area contributed by atoms with E-state index in [2.05, 4.69) is 16.6 Å². The number of nitrogen functional groups attached to an aromatic ring is 1. The summed E-state index contributed by atoms with van der Waals surface area (Å²) >= 11 is 1.97. The van der Waals surface area contributed by atoms with Crippen LogP contribution in [0.3, 0.4) is 0 Å². The van der Waals surface area contributed by atoms with Crippen LogP contribution in [0, 0.1) is 6.92 Å². The summed E-state index contributed by atoms with van der Waals surface area (Å²) in [5.41, 5.74) is 7.02. The zero-order valence-electron chi connectivity index (χ0n) is 11.6. The number of nitrogens with one attached hydrogen (secondary N) is 1. The fourth-order valence-corrected chi connectivity index (χ4v) is 3.49. The molecular weight excluding hydrogens is 256 g/mol. The van der Waals surface area contributed by atoms with Crippen LogP contribution in [0.25, 0.3) is 0 Å². The highest BCUT2D eigenvalue weighted by Crippen LogP contribution is 2.39. The molecule has 1 aromatic heterocycles. The van der Waals surface area contributed by atoms with Gasteiger partial charge in [-0.3, -0.25) is 0 Å². The first-order valence-electron chi connectivity index (χ1n) is 7.10. The van der Waals surface area contributed by atoms with E-state index in [1.165, 1.54) is 32.1 Å². The number of hydrogen-bond acceptors (Lipinski definition) is 5. The molecular formula is C14H22N4S. The van der Waals surface area contributed by atoms with Crippen molar-refractivity contribution >= 4 is 23.4 Å². The first-order chi connectivity index (χ1) is 9.17. The topological polar surface area (TPSA) is 63.8 Å². The molecule has 3 rings (SSSR count). The molecule has 2 atom stereocenters. The Labute approximate surface area is 119 Å². The third kappa shape index (κ3) is 2.81. The average molecular weight is 278 g/mol. The Morgan fingerprint density at radius 1 is 1.21 bits per heavy atom. The Morgan fingerprint density at radius 3 is 2.63 bits per heavy atom. The zero-order chi connectivity index (χ0) is 13.4. The van der Waals surface area contributed by atoms with Crippen molar-refractivity contribution in [3.05, 3.63) is 11.4 Å². The lowest BCUT2D eigenvalue weighted by Crippen LogP contribution is -2.19. The molecule has 2 aliphatic rings. The highest BCUT2D eigenvalue weighted by molar-refractivity contribution is 7.99. The fraction of sp³-hybridized carbons (Fsp3) is 0.714. The number of anilines is 2. The number of nitrogens with zero attached hydrogens (tertiary/aromatic N) is 2. The third-order valence-electron chi connectivity index (χ3n) is 4.20. The van der Waals surface area contributed by atoms with Gasteiger partial charge in [0.2, 0.25) is 0 Å². The Morgan fingerprint density at radius 2 is 2.00 bits per heavy atom. The van der Waals surface area contributed by atoms with Gasteiger partial charge in [0.15, 0.2) is 0 Å². The van der Waals surface area contributed by atoms with E-state index in [0.29, 0.717) is 17.8 Å². The van der Waals surface area contributed by atoms with E-state index < -0.39 is 0 Å². The molecule has 2 aliphatic carbocycles. The van der Waals surface area contributed by atoms with E-state index in [4.69, 9.17) is 10.7 Å². The predicted molar refractivity (Wildman–Crippen MR) is 81.7 cm³/mol. The number of thioether (sulfide) groups is 1. The first-order valence-corrected chi connectivity index (χ1v) is 8.39. The summed E-state index contributed by atoms with van der Waals surface area (Å²) in [6, 6.07) is 0.539. The normalized spacial score (nSPS) is 26.6. The van der Waals surface area contributed by atoms with Gasteiger partial charge in [0, 0.05) is 22.8 Å². The summed E-state index contributed by atoms with van der Waals surface area (Å²) in [5, 5.41) is 4.38. The molecule has 2 saturated carbocycles. The number of nitrogens with two attached hydrogens (primary N) is 1. The van der Waals surface area contributed by atoms with Crippen molar-refractivity contribution in [3.8, 4) is 0 Å². The second-order valence-corrected chi connectivity index (χ2v) is 6.87. The zero-order valence-corrected chi connectivity index (χ0v) is 12.5. The minimum Gasteiger partial charge on any atom is -0.383 e. The standard InChI is InChI=1S/C14H22N4S/c1-8-12(15)17-14(9-3-4-9)18-13(8)16-10-5-6-11(7-10)19-2/h9-11H,3-7H2,1-2H3,(H3,15,16,17,18). The molecule has 0 amide bonds. The summed E-state index contributed by atoms with van der Waals surface area (Å²) in [4.78, 5) is 9.12. The predicted octanol–water partition coefficient (Wildman–Crippen LogP) is 2.94. The van der Waals surface area contributed by atoms with E-state index in [1.807, 2.05) is 18.7 Å². The number of aromatic nitrogens is 2. The molecule has 1 heterocycles. The number of rotatable bonds is 4. The second-order valence-electron chi connectivity index (χ2n) is 5.73. The van der Waals surface area contributed by atoms with Crippen LogP contribution >= 0.6 is 11.8 Å². The van der Waals surface area contributed by atoms with Gasteiger partial charge in [-0.25, -0.2) is 9.97 Å². The van der Waals surface area contributed by atoms with Crippen molar-refractivity contribution in [2.24, 2.45) is 0 Å². The Hall–Kier alpha value is -0.970. The number of hydrogen-bond donors (Lipinski definition) is 2. The van der Waals surface area contributed by atoms with Crippen molar-refractivity contribution in [1.29, 1.82) is 0 Å². The largest absolute Gasteiger partial charge is 0.383 e. The van der Waals surface area contributed by atoms with Gasteiger partial charge in [-0.05, 0) is 45.3 Å². The molecule has 2 unspecified atom stereocenters. The van der Waals surface area contributed by atoms with Crippen LogP contribution in [0.5, 0.6) is 0 Å². The second kappa shape index (κ2) is 5.19. The van der Waals surface area contributed by atoms with Crippen molar-refractivity contribution in [2.45, 2.75) is 56.2 Å². The molecule has 19 heavy (non-hydrogen) atoms. The van der Waals surface area contributed by atoms with Crippen LogP contribution in [0.15, 0.2) is 0 Å². The Balaban J connectivity index is 1.76. The molecule has 0 saturated heterocycles. The minimum absolute atomic E-state index is 0.539. The summed E-state index contributed by atoms with van der Waals surface area (Å²) in [7, 11) is 0. The summed E-state index contributed by atoms with van der Waals surface area (Å²) in [6.07, 6.45) is 8.37. The van der Waals surface area contributed by atoms with E-state index in [1.54, 1.807) is 0 Å². The quantitative estimate of drug-likeness (QED) is 0.886. The van der Waals surface area contributed by atoms with Crippen molar-refractivity contribution in [3.63, 3.8) is 0 Å². The van der Waals surface area contributed by atoms with Gasteiger partial charge in [0.1, 0.15) is 17.5 Å². The molecule has 0 bridgehead atoms. The molecule has 1 aromatic rings. The van der Waals surface area contributed by atoms with E-state index in [0.717, 1.165) is 22.5 Å². The van der Waals surface area contributed by atoms with Gasteiger partial charge in [0.25, 0.3) is 0 Å². The summed E-state index contributed by atoms with van der Waals surface area (Å²) in [5.74, 6) is 3.08. The van der Waals surface area contributed by atoms with Gasteiger partial charge in [-0.2, -0.15) is 11.8 Å². The van der Waals surface area contributed by atoms with Crippen molar-refractivity contribution < 1.29 is 0 Å². The van der Waals surface area contributed by atoms with E-state index >= 15 is 0 Å². The van der Waals surface area contributed by atoms with Crippen LogP contribution in [-0.2, 0) is 0 Å². The van der Waals surface area contributed by atoms with Gasteiger partial charge in [0.05, 0.1) is 0 Å². The van der Waals surface area contributed by atoms with Crippen LogP contribution in [0.1, 0.15) is 49.4 Å². The Bertz CT molecular complexity index is 473.